The van der Waals surface area contributed by atoms with E-state index in [-0.39, 0.29) is 29.7 Å². The molecule has 1 fully saturated rings. The van der Waals surface area contributed by atoms with Gasteiger partial charge in [-0.2, -0.15) is 0 Å². The molecule has 0 amide bonds. The number of aromatic amines is 1. The van der Waals surface area contributed by atoms with Crippen LogP contribution in [-0.4, -0.2) is 23.2 Å². The third-order valence-electron chi connectivity index (χ3n) is 4.37. The Morgan fingerprint density at radius 2 is 2.27 bits per heavy atom. The zero-order valence-corrected chi connectivity index (χ0v) is 12.5. The fourth-order valence-corrected chi connectivity index (χ4v) is 3.51. The van der Waals surface area contributed by atoms with E-state index in [9.17, 15) is 4.79 Å². The molecule has 6 heteroatoms. The Morgan fingerprint density at radius 1 is 1.41 bits per heavy atom. The van der Waals surface area contributed by atoms with Gasteiger partial charge in [0, 0.05) is 24.0 Å². The van der Waals surface area contributed by atoms with E-state index in [1.165, 1.54) is 0 Å². The van der Waals surface area contributed by atoms with Crippen LogP contribution >= 0.6 is 11.6 Å². The number of ether oxygens (including phenoxy) is 1. The van der Waals surface area contributed by atoms with Crippen LogP contribution in [0.2, 0.25) is 5.02 Å². The summed E-state index contributed by atoms with van der Waals surface area (Å²) in [6, 6.07) is 8.58. The van der Waals surface area contributed by atoms with Crippen molar-refractivity contribution in [3.63, 3.8) is 0 Å². The molecular formula is C16H15ClN3O2+. The SMILES string of the molecule is N[C@H]1C[C@H]2C#[N+][C@@H](C1)[C@@H]2Oc1cc2cc[nH]c(=O)c2cc1Cl. The fourth-order valence-electron chi connectivity index (χ4n) is 3.30. The summed E-state index contributed by atoms with van der Waals surface area (Å²) in [5.74, 6) is 0.689. The van der Waals surface area contributed by atoms with Crippen molar-refractivity contribution in [1.82, 2.24) is 4.98 Å². The number of hydrogen-bond acceptors (Lipinski definition) is 3. The number of fused-ring (bicyclic) bond motifs is 3. The molecule has 5 nitrogen and oxygen atoms in total. The highest BCUT2D eigenvalue weighted by molar-refractivity contribution is 6.32. The Kier molecular flexibility index (Phi) is 3.10. The predicted molar refractivity (Wildman–Crippen MR) is 85.7 cm³/mol. The maximum atomic E-state index is 11.8. The largest absolute Gasteiger partial charge is 0.479 e. The standard InChI is InChI=1S/C16H14ClN3O2/c17-12-6-11-8(1-2-19-16(11)21)4-14(12)22-15-9-3-10(18)5-13(15)20-7-9/h1-2,4,6,9-10,13,15H,3,5,18H2/p+1/t9-,10-,13-,15+/m0/s1. The van der Waals surface area contributed by atoms with E-state index in [4.69, 9.17) is 22.1 Å². The van der Waals surface area contributed by atoms with Crippen molar-refractivity contribution in [2.45, 2.75) is 31.0 Å². The molecule has 1 aromatic carbocycles. The van der Waals surface area contributed by atoms with Gasteiger partial charge in [0.05, 0.1) is 5.02 Å². The van der Waals surface area contributed by atoms with Crippen molar-refractivity contribution in [3.05, 3.63) is 44.6 Å². The van der Waals surface area contributed by atoms with Gasteiger partial charge in [0.25, 0.3) is 11.6 Å². The van der Waals surface area contributed by atoms with Crippen molar-refractivity contribution >= 4 is 22.4 Å². The smallest absolute Gasteiger partial charge is 0.311 e. The fraction of sp³-hybridized carbons (Fsp3) is 0.375. The van der Waals surface area contributed by atoms with Crippen LogP contribution in [0.3, 0.4) is 0 Å². The number of benzene rings is 1. The lowest BCUT2D eigenvalue weighted by atomic mass is 9.83. The average molecular weight is 317 g/mol. The third-order valence-corrected chi connectivity index (χ3v) is 4.67. The van der Waals surface area contributed by atoms with Gasteiger partial charge < -0.3 is 15.5 Å². The Balaban J connectivity index is 1.68. The molecule has 1 aliphatic heterocycles. The number of H-pyrrole nitrogens is 1. The van der Waals surface area contributed by atoms with Gasteiger partial charge in [0.1, 0.15) is 11.7 Å². The number of hydrogen-bond donors (Lipinski definition) is 2. The molecular weight excluding hydrogens is 302 g/mol. The quantitative estimate of drug-likeness (QED) is 0.893. The number of nitrogens with one attached hydrogen (secondary N) is 1. The van der Waals surface area contributed by atoms with Crippen molar-refractivity contribution < 1.29 is 4.74 Å². The van der Waals surface area contributed by atoms with Crippen LogP contribution in [0.4, 0.5) is 0 Å². The maximum Gasteiger partial charge on any atom is 0.311 e. The number of nitrogens with two attached hydrogens (primary N) is 1. The van der Waals surface area contributed by atoms with E-state index in [0.29, 0.717) is 16.2 Å². The molecule has 4 rings (SSSR count). The monoisotopic (exact) mass is 316 g/mol. The Labute approximate surface area is 131 Å². The number of halogens is 1. The molecule has 2 bridgehead atoms. The van der Waals surface area contributed by atoms with Gasteiger partial charge in [0.15, 0.2) is 6.10 Å². The van der Waals surface area contributed by atoms with Crippen molar-refractivity contribution in [3.8, 4) is 11.8 Å². The molecule has 1 saturated carbocycles. The first-order chi connectivity index (χ1) is 10.6. The molecule has 1 aromatic heterocycles. The summed E-state index contributed by atoms with van der Waals surface area (Å²) in [4.78, 5) is 18.8. The van der Waals surface area contributed by atoms with Crippen LogP contribution in [0.25, 0.3) is 15.6 Å². The lowest BCUT2D eigenvalue weighted by molar-refractivity contribution is 0.115. The molecule has 2 aliphatic rings. The van der Waals surface area contributed by atoms with E-state index in [0.717, 1.165) is 18.2 Å². The Bertz CT molecular complexity index is 849. The van der Waals surface area contributed by atoms with Crippen molar-refractivity contribution in [2.24, 2.45) is 11.7 Å². The van der Waals surface area contributed by atoms with Gasteiger partial charge >= 0.3 is 6.04 Å². The van der Waals surface area contributed by atoms with Crippen LogP contribution in [0.15, 0.2) is 29.2 Å². The van der Waals surface area contributed by atoms with E-state index in [1.807, 2.05) is 6.07 Å². The number of nitrogens with zero attached hydrogens (tertiary/aromatic N) is 1. The highest BCUT2D eigenvalue weighted by Crippen LogP contribution is 2.37. The number of rotatable bonds is 2. The summed E-state index contributed by atoms with van der Waals surface area (Å²) >= 11 is 6.29. The topological polar surface area (TPSA) is 72.5 Å². The second-order valence-corrected chi connectivity index (χ2v) is 6.33. The average Bonchev–Trinajstić information content (AvgIpc) is 2.72. The van der Waals surface area contributed by atoms with Crippen LogP contribution in [0.5, 0.6) is 5.75 Å². The number of aromatic nitrogens is 1. The van der Waals surface area contributed by atoms with Gasteiger partial charge in [-0.15, -0.1) is 0 Å². The summed E-state index contributed by atoms with van der Waals surface area (Å²) < 4.78 is 6.11. The molecule has 2 aromatic rings. The highest BCUT2D eigenvalue weighted by atomic mass is 35.5. The molecule has 0 saturated heterocycles. The van der Waals surface area contributed by atoms with Crippen LogP contribution in [-0.2, 0) is 0 Å². The van der Waals surface area contributed by atoms with Gasteiger partial charge in [-0.1, -0.05) is 16.4 Å². The van der Waals surface area contributed by atoms with E-state index >= 15 is 0 Å². The molecule has 0 radical (unpaired) electrons. The first-order valence-corrected chi connectivity index (χ1v) is 7.68. The second kappa shape index (κ2) is 5.01. The minimum absolute atomic E-state index is 0.0414. The summed E-state index contributed by atoms with van der Waals surface area (Å²) in [6.45, 7) is 0. The lowest BCUT2D eigenvalue weighted by Gasteiger charge is -2.26. The van der Waals surface area contributed by atoms with Gasteiger partial charge in [-0.3, -0.25) is 4.79 Å². The zero-order valence-electron chi connectivity index (χ0n) is 11.8. The number of pyridine rings is 1. The lowest BCUT2D eigenvalue weighted by Crippen LogP contribution is -2.44. The summed E-state index contributed by atoms with van der Waals surface area (Å²) in [7, 11) is 0. The molecule has 1 aliphatic carbocycles. The first-order valence-electron chi connectivity index (χ1n) is 7.30. The minimum Gasteiger partial charge on any atom is -0.479 e. The van der Waals surface area contributed by atoms with E-state index < -0.39 is 0 Å². The van der Waals surface area contributed by atoms with Crippen molar-refractivity contribution in [2.75, 3.05) is 0 Å². The molecule has 22 heavy (non-hydrogen) atoms. The minimum atomic E-state index is -0.161. The molecule has 112 valence electrons. The van der Waals surface area contributed by atoms with Gasteiger partial charge in [-0.25, -0.2) is 0 Å². The third kappa shape index (κ3) is 2.16. The summed E-state index contributed by atoms with van der Waals surface area (Å²) in [6.07, 6.45) is 3.17. The summed E-state index contributed by atoms with van der Waals surface area (Å²) in [5.41, 5.74) is 5.85. The Morgan fingerprint density at radius 3 is 3.09 bits per heavy atom. The van der Waals surface area contributed by atoms with Gasteiger partial charge in [0.2, 0.25) is 0 Å². The predicted octanol–water partition coefficient (Wildman–Crippen LogP) is 2.38. The van der Waals surface area contributed by atoms with E-state index in [1.54, 1.807) is 18.3 Å². The van der Waals surface area contributed by atoms with Crippen molar-refractivity contribution in [1.29, 1.82) is 0 Å². The molecule has 0 spiro atoms. The Hall–Kier alpha value is -2.03. The van der Waals surface area contributed by atoms with Crippen LogP contribution < -0.4 is 16.0 Å². The van der Waals surface area contributed by atoms with Crippen LogP contribution in [0, 0.1) is 12.0 Å². The first kappa shape index (κ1) is 13.6. The molecule has 4 atom stereocenters. The molecule has 2 heterocycles. The van der Waals surface area contributed by atoms with E-state index in [2.05, 4.69) is 15.9 Å². The normalized spacial score (nSPS) is 29.2. The molecule has 3 N–H and O–H groups in total. The highest BCUT2D eigenvalue weighted by Gasteiger charge is 2.50. The second-order valence-electron chi connectivity index (χ2n) is 5.92. The molecule has 0 unspecified atom stereocenters. The summed E-state index contributed by atoms with van der Waals surface area (Å²) in [5, 5.41) is 1.78. The maximum absolute atomic E-state index is 11.8. The van der Waals surface area contributed by atoms with Gasteiger partial charge in [-0.05, 0) is 30.0 Å². The zero-order chi connectivity index (χ0) is 15.3. The van der Waals surface area contributed by atoms with Crippen LogP contribution in [0.1, 0.15) is 12.8 Å².